The third kappa shape index (κ3) is 3.77. The molecule has 7 nitrogen and oxygen atoms in total. The lowest BCUT2D eigenvalue weighted by atomic mass is 9.91. The van der Waals surface area contributed by atoms with E-state index < -0.39 is 0 Å². The molecule has 0 radical (unpaired) electrons. The summed E-state index contributed by atoms with van der Waals surface area (Å²) in [6.07, 6.45) is 3.91. The van der Waals surface area contributed by atoms with Crippen molar-refractivity contribution in [3.63, 3.8) is 0 Å². The highest BCUT2D eigenvalue weighted by atomic mass is 16.5. The van der Waals surface area contributed by atoms with E-state index in [1.807, 2.05) is 40.9 Å². The van der Waals surface area contributed by atoms with Gasteiger partial charge in [0.05, 0.1) is 26.3 Å². The van der Waals surface area contributed by atoms with Crippen LogP contribution in [0.4, 0.5) is 0 Å². The molecule has 4 rings (SSSR count). The molecule has 0 atom stereocenters. The van der Waals surface area contributed by atoms with E-state index in [1.54, 1.807) is 20.4 Å². The van der Waals surface area contributed by atoms with Crippen molar-refractivity contribution in [2.75, 3.05) is 27.3 Å². The molecule has 0 unspecified atom stereocenters. The topological polar surface area (TPSA) is 69.5 Å². The highest BCUT2D eigenvalue weighted by Gasteiger charge is 2.27. The number of fused-ring (bicyclic) bond motifs is 1. The van der Waals surface area contributed by atoms with Gasteiger partial charge in [0.25, 0.3) is 0 Å². The molecule has 29 heavy (non-hydrogen) atoms. The van der Waals surface area contributed by atoms with Gasteiger partial charge < -0.3 is 14.4 Å². The van der Waals surface area contributed by atoms with Gasteiger partial charge in [0.2, 0.25) is 5.91 Å². The molecule has 1 aliphatic heterocycles. The van der Waals surface area contributed by atoms with E-state index in [0.29, 0.717) is 18.1 Å². The molecule has 1 aliphatic rings. The number of ether oxygens (including phenoxy) is 2. The van der Waals surface area contributed by atoms with Gasteiger partial charge in [-0.05, 0) is 43.2 Å². The van der Waals surface area contributed by atoms with Crippen molar-refractivity contribution in [2.45, 2.75) is 25.2 Å². The van der Waals surface area contributed by atoms with Crippen LogP contribution in [0, 0.1) is 0 Å². The minimum absolute atomic E-state index is 0.113. The Morgan fingerprint density at radius 2 is 1.97 bits per heavy atom. The van der Waals surface area contributed by atoms with Crippen LogP contribution in [0.2, 0.25) is 0 Å². The summed E-state index contributed by atoms with van der Waals surface area (Å²) in [6.45, 7) is 1.46. The molecular weight excluding hydrogens is 368 g/mol. The Bertz CT molecular complexity index is 1020. The predicted octanol–water partition coefficient (Wildman–Crippen LogP) is 2.93. The van der Waals surface area contributed by atoms with Gasteiger partial charge in [-0.25, -0.2) is 4.98 Å². The van der Waals surface area contributed by atoms with E-state index >= 15 is 0 Å². The van der Waals surface area contributed by atoms with Crippen LogP contribution in [-0.2, 0) is 18.3 Å². The largest absolute Gasteiger partial charge is 0.497 e. The average molecular weight is 394 g/mol. The fraction of sp³-hybridized carbons (Fsp3) is 0.409. The number of carbonyl (C=O) groups excluding carboxylic acids is 1. The number of hydrogen-bond donors (Lipinski definition) is 0. The summed E-state index contributed by atoms with van der Waals surface area (Å²) >= 11 is 0. The van der Waals surface area contributed by atoms with E-state index in [2.05, 4.69) is 11.1 Å². The van der Waals surface area contributed by atoms with Crippen molar-refractivity contribution >= 4 is 16.9 Å². The first-order valence-corrected chi connectivity index (χ1v) is 9.87. The number of rotatable bonds is 5. The quantitative estimate of drug-likeness (QED) is 0.666. The number of aromatic nitrogens is 3. The maximum absolute atomic E-state index is 12.9. The summed E-state index contributed by atoms with van der Waals surface area (Å²) in [4.78, 5) is 19.3. The molecule has 1 saturated heterocycles. The molecule has 7 heteroatoms. The van der Waals surface area contributed by atoms with Crippen LogP contribution < -0.4 is 9.47 Å². The van der Waals surface area contributed by atoms with Crippen LogP contribution in [-0.4, -0.2) is 52.9 Å². The van der Waals surface area contributed by atoms with Gasteiger partial charge in [0.15, 0.2) is 5.65 Å². The Labute approximate surface area is 170 Å². The van der Waals surface area contributed by atoms with Crippen LogP contribution in [0.25, 0.3) is 11.0 Å². The second-order valence-electron chi connectivity index (χ2n) is 7.39. The molecule has 0 aliphatic carbocycles. The fourth-order valence-electron chi connectivity index (χ4n) is 4.12. The molecule has 3 heterocycles. The fourth-order valence-corrected chi connectivity index (χ4v) is 4.12. The molecule has 1 aromatic carbocycles. The Morgan fingerprint density at radius 1 is 1.17 bits per heavy atom. The van der Waals surface area contributed by atoms with Crippen molar-refractivity contribution in [1.29, 1.82) is 0 Å². The monoisotopic (exact) mass is 394 g/mol. The van der Waals surface area contributed by atoms with Gasteiger partial charge in [-0.1, -0.05) is 0 Å². The van der Waals surface area contributed by atoms with Crippen LogP contribution in [0.5, 0.6) is 11.5 Å². The number of likely N-dealkylation sites (tertiary alicyclic amines) is 1. The summed E-state index contributed by atoms with van der Waals surface area (Å²) in [5, 5.41) is 5.83. The minimum atomic E-state index is 0.113. The SMILES string of the molecule is COc1ccc(OC)c(CC(=O)N2CCC(c3nn(C)c4ncccc34)CC2)c1. The van der Waals surface area contributed by atoms with Crippen molar-refractivity contribution in [2.24, 2.45) is 7.05 Å². The Balaban J connectivity index is 1.44. The predicted molar refractivity (Wildman–Crippen MR) is 110 cm³/mol. The van der Waals surface area contributed by atoms with E-state index in [-0.39, 0.29) is 5.91 Å². The zero-order valence-electron chi connectivity index (χ0n) is 17.1. The molecule has 0 bridgehead atoms. The average Bonchev–Trinajstić information content (AvgIpc) is 3.10. The van der Waals surface area contributed by atoms with Crippen molar-refractivity contribution in [3.8, 4) is 11.5 Å². The van der Waals surface area contributed by atoms with Gasteiger partial charge in [-0.2, -0.15) is 5.10 Å². The van der Waals surface area contributed by atoms with Gasteiger partial charge in [-0.3, -0.25) is 9.48 Å². The number of nitrogens with zero attached hydrogens (tertiary/aromatic N) is 4. The summed E-state index contributed by atoms with van der Waals surface area (Å²) in [5.41, 5.74) is 2.85. The molecule has 0 N–H and O–H groups in total. The van der Waals surface area contributed by atoms with Crippen LogP contribution >= 0.6 is 0 Å². The van der Waals surface area contributed by atoms with E-state index in [4.69, 9.17) is 14.6 Å². The second kappa shape index (κ2) is 8.11. The molecule has 0 saturated carbocycles. The zero-order chi connectivity index (χ0) is 20.4. The highest BCUT2D eigenvalue weighted by Crippen LogP contribution is 2.32. The van der Waals surface area contributed by atoms with E-state index in [9.17, 15) is 4.79 Å². The first kappa shape index (κ1) is 19.2. The number of piperidine rings is 1. The number of amides is 1. The Hall–Kier alpha value is -3.09. The first-order chi connectivity index (χ1) is 14.1. The summed E-state index contributed by atoms with van der Waals surface area (Å²) < 4.78 is 12.5. The third-order valence-corrected chi connectivity index (χ3v) is 5.69. The van der Waals surface area contributed by atoms with Crippen molar-refractivity contribution in [3.05, 3.63) is 47.8 Å². The molecular formula is C22H26N4O3. The number of aryl methyl sites for hydroxylation is 1. The summed E-state index contributed by atoms with van der Waals surface area (Å²) in [6, 6.07) is 9.58. The Morgan fingerprint density at radius 3 is 2.69 bits per heavy atom. The molecule has 3 aromatic rings. The molecule has 152 valence electrons. The molecule has 2 aromatic heterocycles. The van der Waals surface area contributed by atoms with Crippen LogP contribution in [0.3, 0.4) is 0 Å². The van der Waals surface area contributed by atoms with Crippen LogP contribution in [0.15, 0.2) is 36.5 Å². The van der Waals surface area contributed by atoms with Crippen molar-refractivity contribution in [1.82, 2.24) is 19.7 Å². The lowest BCUT2D eigenvalue weighted by Gasteiger charge is -2.31. The maximum Gasteiger partial charge on any atom is 0.227 e. The maximum atomic E-state index is 12.9. The number of benzene rings is 1. The Kier molecular flexibility index (Phi) is 5.38. The van der Waals surface area contributed by atoms with Gasteiger partial charge in [0, 0.05) is 43.2 Å². The summed E-state index contributed by atoms with van der Waals surface area (Å²) in [5.74, 6) is 1.89. The number of hydrogen-bond acceptors (Lipinski definition) is 5. The minimum Gasteiger partial charge on any atom is -0.497 e. The lowest BCUT2D eigenvalue weighted by Crippen LogP contribution is -2.39. The normalized spacial score (nSPS) is 14.9. The smallest absolute Gasteiger partial charge is 0.227 e. The highest BCUT2D eigenvalue weighted by molar-refractivity contribution is 5.80. The van der Waals surface area contributed by atoms with E-state index in [1.165, 1.54) is 0 Å². The number of carbonyl (C=O) groups is 1. The second-order valence-corrected chi connectivity index (χ2v) is 7.39. The number of methoxy groups -OCH3 is 2. The van der Waals surface area contributed by atoms with Gasteiger partial charge in [-0.15, -0.1) is 0 Å². The molecule has 0 spiro atoms. The van der Waals surface area contributed by atoms with Crippen molar-refractivity contribution < 1.29 is 14.3 Å². The van der Waals surface area contributed by atoms with Gasteiger partial charge in [0.1, 0.15) is 11.5 Å². The zero-order valence-corrected chi connectivity index (χ0v) is 17.1. The lowest BCUT2D eigenvalue weighted by molar-refractivity contribution is -0.131. The standard InChI is InChI=1S/C22H26N4O3/c1-25-22-18(5-4-10-23-22)21(24-25)15-8-11-26(12-9-15)20(27)14-16-13-17(28-2)6-7-19(16)29-3/h4-7,10,13,15H,8-9,11-12,14H2,1-3H3. The van der Waals surface area contributed by atoms with Crippen LogP contribution in [0.1, 0.15) is 30.0 Å². The van der Waals surface area contributed by atoms with Gasteiger partial charge >= 0.3 is 0 Å². The third-order valence-electron chi connectivity index (χ3n) is 5.69. The molecule has 1 amide bonds. The first-order valence-electron chi connectivity index (χ1n) is 9.87. The van der Waals surface area contributed by atoms with E-state index in [0.717, 1.165) is 54.0 Å². The number of pyridine rings is 1. The molecule has 1 fully saturated rings. The summed E-state index contributed by atoms with van der Waals surface area (Å²) in [7, 11) is 5.17.